The topological polar surface area (TPSA) is 63.2 Å². The number of fused-ring (bicyclic) bond motifs is 1. The molecular weight excluding hydrogens is 382 g/mol. The van der Waals surface area contributed by atoms with Gasteiger partial charge in [-0.3, -0.25) is 4.79 Å². The average molecular weight is 410 g/mol. The van der Waals surface area contributed by atoms with Crippen molar-refractivity contribution >= 4 is 16.3 Å². The zero-order valence-corrected chi connectivity index (χ0v) is 17.7. The number of hydrogen-bond donors (Lipinski definition) is 1. The number of sulfonamides is 1. The number of hydrogen-bond acceptors (Lipinski definition) is 3. The number of benzene rings is 1. The number of rotatable bonds is 9. The highest BCUT2D eigenvalue weighted by Crippen LogP contribution is 2.33. The first-order valence-electron chi connectivity index (χ1n) is 9.98. The molecule has 3 rings (SSSR count). The van der Waals surface area contributed by atoms with E-state index in [1.165, 1.54) is 5.56 Å². The van der Waals surface area contributed by atoms with Gasteiger partial charge in [-0.05, 0) is 65.6 Å². The van der Waals surface area contributed by atoms with Crippen LogP contribution in [0.3, 0.4) is 0 Å². The molecule has 0 amide bonds. The van der Waals surface area contributed by atoms with E-state index in [0.29, 0.717) is 18.0 Å². The van der Waals surface area contributed by atoms with Crippen LogP contribution in [0, 0.1) is 0 Å². The third-order valence-electron chi connectivity index (χ3n) is 5.17. The van der Waals surface area contributed by atoms with E-state index in [4.69, 9.17) is 0 Å². The van der Waals surface area contributed by atoms with Gasteiger partial charge in [0.05, 0.1) is 4.90 Å². The Kier molecular flexibility index (Phi) is 6.83. The maximum absolute atomic E-state index is 12.3. The van der Waals surface area contributed by atoms with E-state index in [1.807, 2.05) is 12.1 Å². The molecule has 1 aromatic carbocycles. The van der Waals surface area contributed by atoms with Gasteiger partial charge < -0.3 is 0 Å². The minimum absolute atomic E-state index is 0.283. The lowest BCUT2D eigenvalue weighted by Crippen LogP contribution is -2.24. The molecular formula is C24H27NO3S. The first-order chi connectivity index (χ1) is 13.9. The second-order valence-electron chi connectivity index (χ2n) is 7.56. The molecule has 1 N–H and O–H groups in total. The highest BCUT2D eigenvalue weighted by molar-refractivity contribution is 7.89. The van der Waals surface area contributed by atoms with E-state index in [9.17, 15) is 13.2 Å². The van der Waals surface area contributed by atoms with Crippen molar-refractivity contribution in [2.45, 2.75) is 43.9 Å². The molecule has 5 heteroatoms. The summed E-state index contributed by atoms with van der Waals surface area (Å²) in [4.78, 5) is 11.8. The Hall–Kier alpha value is -2.50. The van der Waals surface area contributed by atoms with Crippen LogP contribution in [-0.4, -0.2) is 21.2 Å². The number of aldehydes is 1. The monoisotopic (exact) mass is 409 g/mol. The fourth-order valence-corrected chi connectivity index (χ4v) is 4.58. The van der Waals surface area contributed by atoms with Crippen LogP contribution in [0.15, 0.2) is 65.6 Å². The normalized spacial score (nSPS) is 11.8. The Morgan fingerprint density at radius 3 is 2.28 bits per heavy atom. The van der Waals surface area contributed by atoms with Crippen molar-refractivity contribution < 1.29 is 13.2 Å². The van der Waals surface area contributed by atoms with Crippen LogP contribution in [0.25, 0.3) is 11.1 Å². The van der Waals surface area contributed by atoms with Gasteiger partial charge in [0.2, 0.25) is 10.0 Å². The summed E-state index contributed by atoms with van der Waals surface area (Å²) >= 11 is 0. The Balaban J connectivity index is 1.63. The molecule has 0 fully saturated rings. The van der Waals surface area contributed by atoms with E-state index >= 15 is 0 Å². The number of nitrogens with one attached hydrogen (secondary N) is 1. The molecule has 152 valence electrons. The molecule has 0 saturated carbocycles. The van der Waals surface area contributed by atoms with E-state index in [0.717, 1.165) is 42.2 Å². The van der Waals surface area contributed by atoms with Gasteiger partial charge in [-0.2, -0.15) is 0 Å². The second kappa shape index (κ2) is 9.33. The van der Waals surface area contributed by atoms with Crippen molar-refractivity contribution in [1.82, 2.24) is 4.72 Å². The smallest absolute Gasteiger partial charge is 0.240 e. The number of unbranched alkanes of at least 4 members (excludes halogenated alkanes) is 1. The van der Waals surface area contributed by atoms with E-state index < -0.39 is 10.0 Å². The Labute approximate surface area is 173 Å². The zero-order chi connectivity index (χ0) is 20.9. The zero-order valence-electron chi connectivity index (χ0n) is 16.9. The fraction of sp³-hybridized carbons (Fsp3) is 0.292. The first kappa shape index (κ1) is 21.2. The summed E-state index contributed by atoms with van der Waals surface area (Å²) in [5.74, 6) is 0.423. The van der Waals surface area contributed by atoms with Gasteiger partial charge in [-0.1, -0.05) is 56.3 Å². The third-order valence-corrected chi connectivity index (χ3v) is 6.65. The summed E-state index contributed by atoms with van der Waals surface area (Å²) in [5.41, 5.74) is 5.17. The number of carbonyl (C=O) groups excluding carboxylic acids is 1. The molecule has 0 unspecified atom stereocenters. The Bertz CT molecular complexity index is 1040. The van der Waals surface area contributed by atoms with E-state index in [-0.39, 0.29) is 4.90 Å². The fourth-order valence-electron chi connectivity index (χ4n) is 3.49. The molecule has 0 atom stereocenters. The predicted octanol–water partition coefficient (Wildman–Crippen LogP) is 5.03. The first-order valence-corrected chi connectivity index (χ1v) is 11.5. The van der Waals surface area contributed by atoms with E-state index in [1.54, 1.807) is 30.3 Å². The molecule has 2 aliphatic rings. The van der Waals surface area contributed by atoms with Crippen molar-refractivity contribution in [3.8, 4) is 11.1 Å². The standard InChI is InChI=1S/C24H27NO3S/c1-18(2)19-11-13-23-20(16-21(17-26)24(23)14-12-19)8-6-7-15-25-29(27,28)22-9-4-3-5-10-22/h3-5,9-14,16-18,25H,6-8,15H2,1-2H3. The maximum atomic E-state index is 12.3. The summed E-state index contributed by atoms with van der Waals surface area (Å²) in [6.45, 7) is 4.69. The molecule has 0 radical (unpaired) electrons. The summed E-state index contributed by atoms with van der Waals surface area (Å²) in [6, 6.07) is 18.7. The van der Waals surface area contributed by atoms with Gasteiger partial charge >= 0.3 is 0 Å². The summed E-state index contributed by atoms with van der Waals surface area (Å²) in [5, 5.41) is 0. The molecule has 29 heavy (non-hydrogen) atoms. The summed E-state index contributed by atoms with van der Waals surface area (Å²) in [6.07, 6.45) is 3.28. The lowest BCUT2D eigenvalue weighted by atomic mass is 10.0. The van der Waals surface area contributed by atoms with Gasteiger partial charge in [-0.25, -0.2) is 13.1 Å². The van der Waals surface area contributed by atoms with Crippen LogP contribution in [0.2, 0.25) is 0 Å². The predicted molar refractivity (Wildman–Crippen MR) is 117 cm³/mol. The highest BCUT2D eigenvalue weighted by Gasteiger charge is 2.15. The molecule has 0 spiro atoms. The van der Waals surface area contributed by atoms with Crippen molar-refractivity contribution in [3.63, 3.8) is 0 Å². The van der Waals surface area contributed by atoms with Gasteiger partial charge in [0.15, 0.2) is 6.29 Å². The van der Waals surface area contributed by atoms with Crippen LogP contribution in [0.5, 0.6) is 0 Å². The lowest BCUT2D eigenvalue weighted by Gasteiger charge is -2.07. The minimum Gasteiger partial charge on any atom is -0.298 e. The molecule has 1 aromatic rings. The van der Waals surface area contributed by atoms with Crippen LogP contribution >= 0.6 is 0 Å². The van der Waals surface area contributed by atoms with Gasteiger partial charge in [0, 0.05) is 12.1 Å². The van der Waals surface area contributed by atoms with Crippen molar-refractivity contribution in [2.75, 3.05) is 6.54 Å². The molecule has 0 heterocycles. The molecule has 0 aromatic heterocycles. The van der Waals surface area contributed by atoms with Gasteiger partial charge in [-0.15, -0.1) is 0 Å². The van der Waals surface area contributed by atoms with Crippen molar-refractivity contribution in [3.05, 3.63) is 77.4 Å². The minimum atomic E-state index is -3.46. The van der Waals surface area contributed by atoms with Crippen LogP contribution in [0.1, 0.15) is 54.1 Å². The molecule has 0 bridgehead atoms. The van der Waals surface area contributed by atoms with Crippen LogP contribution in [-0.2, 0) is 16.4 Å². The molecule has 0 aliphatic heterocycles. The second-order valence-corrected chi connectivity index (χ2v) is 9.33. The van der Waals surface area contributed by atoms with Crippen LogP contribution in [0.4, 0.5) is 0 Å². The van der Waals surface area contributed by atoms with E-state index in [2.05, 4.69) is 36.8 Å². The lowest BCUT2D eigenvalue weighted by molar-refractivity contribution is 0.112. The van der Waals surface area contributed by atoms with Crippen molar-refractivity contribution in [2.24, 2.45) is 0 Å². The molecule has 0 saturated heterocycles. The maximum Gasteiger partial charge on any atom is 0.240 e. The Morgan fingerprint density at radius 1 is 0.931 bits per heavy atom. The highest BCUT2D eigenvalue weighted by atomic mass is 32.2. The number of aryl methyl sites for hydroxylation is 1. The van der Waals surface area contributed by atoms with Gasteiger partial charge in [0.25, 0.3) is 0 Å². The average Bonchev–Trinajstić information content (AvgIpc) is 2.89. The van der Waals surface area contributed by atoms with Crippen molar-refractivity contribution in [1.29, 1.82) is 0 Å². The largest absolute Gasteiger partial charge is 0.298 e. The van der Waals surface area contributed by atoms with Crippen LogP contribution < -0.4 is 4.72 Å². The summed E-state index contributed by atoms with van der Waals surface area (Å²) < 4.78 is 27.2. The summed E-state index contributed by atoms with van der Waals surface area (Å²) in [7, 11) is -3.46. The Morgan fingerprint density at radius 2 is 1.62 bits per heavy atom. The molecule has 2 aliphatic carbocycles. The van der Waals surface area contributed by atoms with Gasteiger partial charge in [0.1, 0.15) is 0 Å². The third kappa shape index (κ3) is 5.11. The SMILES string of the molecule is CC(C)c1ccc2c(C=O)cc(CCCCNS(=O)(=O)c3ccccc3)c-2cc1. The number of carbonyl (C=O) groups is 1. The molecule has 4 nitrogen and oxygen atoms in total. The quantitative estimate of drug-likeness (QED) is 0.398.